The number of hydrogen-bond donors (Lipinski definition) is 2. The van der Waals surface area contributed by atoms with Crippen molar-refractivity contribution in [1.29, 1.82) is 0 Å². The van der Waals surface area contributed by atoms with Crippen LogP contribution in [0, 0.1) is 0 Å². The number of carbonyl (C=O) groups excluding carboxylic acids is 2. The van der Waals surface area contributed by atoms with E-state index in [1.54, 1.807) is 11.9 Å². The minimum Gasteiger partial charge on any atom is -0.507 e. The summed E-state index contributed by atoms with van der Waals surface area (Å²) in [6.07, 6.45) is 1.77. The lowest BCUT2D eigenvalue weighted by molar-refractivity contribution is 0.0748. The molecule has 0 saturated carbocycles. The van der Waals surface area contributed by atoms with Crippen LogP contribution in [0.2, 0.25) is 0 Å². The SMILES string of the molecule is CCCCN(C)C(=O)c1cc(C(=O)N2Cc3ccc(N4CCOCC4)cc3C2)c(O)cc1O. The summed E-state index contributed by atoms with van der Waals surface area (Å²) in [6, 6.07) is 8.61. The van der Waals surface area contributed by atoms with Crippen molar-refractivity contribution in [2.45, 2.75) is 32.9 Å². The van der Waals surface area contributed by atoms with Crippen LogP contribution < -0.4 is 4.90 Å². The van der Waals surface area contributed by atoms with E-state index in [4.69, 9.17) is 4.74 Å². The van der Waals surface area contributed by atoms with Crippen molar-refractivity contribution in [2.24, 2.45) is 0 Å². The monoisotopic (exact) mass is 453 g/mol. The number of amides is 2. The first-order valence-electron chi connectivity index (χ1n) is 11.4. The molecule has 1 saturated heterocycles. The number of phenols is 2. The van der Waals surface area contributed by atoms with Gasteiger partial charge in [0.1, 0.15) is 11.5 Å². The Hall–Kier alpha value is -3.26. The molecule has 2 aliphatic rings. The van der Waals surface area contributed by atoms with Crippen LogP contribution in [-0.4, -0.2) is 71.7 Å². The minimum atomic E-state index is -0.380. The van der Waals surface area contributed by atoms with E-state index in [1.807, 2.05) is 13.0 Å². The molecule has 0 atom stereocenters. The van der Waals surface area contributed by atoms with Gasteiger partial charge < -0.3 is 29.6 Å². The van der Waals surface area contributed by atoms with Crippen LogP contribution >= 0.6 is 0 Å². The summed E-state index contributed by atoms with van der Waals surface area (Å²) in [5.74, 6) is -1.43. The largest absolute Gasteiger partial charge is 0.507 e. The van der Waals surface area contributed by atoms with E-state index in [1.165, 1.54) is 11.0 Å². The molecule has 2 heterocycles. The smallest absolute Gasteiger partial charge is 0.258 e. The zero-order valence-corrected chi connectivity index (χ0v) is 19.2. The van der Waals surface area contributed by atoms with E-state index in [0.29, 0.717) is 32.8 Å². The number of ether oxygens (including phenoxy) is 1. The number of phenolic OH excluding ortho intramolecular Hbond substituents is 2. The number of carbonyl (C=O) groups is 2. The van der Waals surface area contributed by atoms with E-state index in [9.17, 15) is 19.8 Å². The van der Waals surface area contributed by atoms with Crippen LogP contribution in [0.5, 0.6) is 11.5 Å². The number of aromatic hydroxyl groups is 2. The molecule has 33 heavy (non-hydrogen) atoms. The highest BCUT2D eigenvalue weighted by molar-refractivity contribution is 6.03. The molecule has 176 valence electrons. The molecule has 2 aromatic rings. The average molecular weight is 454 g/mol. The minimum absolute atomic E-state index is 0.0149. The molecular weight excluding hydrogens is 422 g/mol. The molecule has 8 heteroatoms. The van der Waals surface area contributed by atoms with Gasteiger partial charge in [-0.2, -0.15) is 0 Å². The first-order valence-corrected chi connectivity index (χ1v) is 11.4. The molecule has 1 fully saturated rings. The maximum absolute atomic E-state index is 13.3. The van der Waals surface area contributed by atoms with E-state index >= 15 is 0 Å². The number of hydrogen-bond acceptors (Lipinski definition) is 6. The Morgan fingerprint density at radius 3 is 2.42 bits per heavy atom. The molecule has 0 radical (unpaired) electrons. The van der Waals surface area contributed by atoms with Crippen molar-refractivity contribution >= 4 is 17.5 Å². The van der Waals surface area contributed by atoms with Gasteiger partial charge in [0.15, 0.2) is 0 Å². The molecule has 0 bridgehead atoms. The van der Waals surface area contributed by atoms with Crippen LogP contribution in [0.3, 0.4) is 0 Å². The van der Waals surface area contributed by atoms with Gasteiger partial charge in [0.25, 0.3) is 11.8 Å². The Balaban J connectivity index is 1.53. The highest BCUT2D eigenvalue weighted by Gasteiger charge is 2.29. The van der Waals surface area contributed by atoms with Crippen molar-refractivity contribution in [3.63, 3.8) is 0 Å². The molecule has 2 aromatic carbocycles. The van der Waals surface area contributed by atoms with Crippen molar-refractivity contribution in [2.75, 3.05) is 44.8 Å². The highest BCUT2D eigenvalue weighted by atomic mass is 16.5. The Labute approximate surface area is 194 Å². The fraction of sp³-hybridized carbons (Fsp3) is 0.440. The number of unbranched alkanes of at least 4 members (excludes halogenated alkanes) is 1. The van der Waals surface area contributed by atoms with E-state index < -0.39 is 0 Å². The lowest BCUT2D eigenvalue weighted by Crippen LogP contribution is -2.36. The zero-order valence-electron chi connectivity index (χ0n) is 19.2. The molecule has 8 nitrogen and oxygen atoms in total. The van der Waals surface area contributed by atoms with Crippen LogP contribution in [0.1, 0.15) is 51.6 Å². The number of fused-ring (bicyclic) bond motifs is 1. The molecular formula is C25H31N3O5. The van der Waals surface area contributed by atoms with Gasteiger partial charge in [-0.25, -0.2) is 0 Å². The third-order valence-electron chi connectivity index (χ3n) is 6.34. The number of benzene rings is 2. The van der Waals surface area contributed by atoms with Gasteiger partial charge in [0.05, 0.1) is 24.3 Å². The van der Waals surface area contributed by atoms with Gasteiger partial charge in [-0.1, -0.05) is 19.4 Å². The fourth-order valence-electron chi connectivity index (χ4n) is 4.34. The molecule has 0 aliphatic carbocycles. The predicted octanol–water partition coefficient (Wildman–Crippen LogP) is 2.96. The topological polar surface area (TPSA) is 93.6 Å². The lowest BCUT2D eigenvalue weighted by atomic mass is 10.1. The molecule has 0 aromatic heterocycles. The van der Waals surface area contributed by atoms with Crippen molar-refractivity contribution in [3.8, 4) is 11.5 Å². The van der Waals surface area contributed by atoms with Gasteiger partial charge >= 0.3 is 0 Å². The van der Waals surface area contributed by atoms with Gasteiger partial charge in [-0.3, -0.25) is 9.59 Å². The Morgan fingerprint density at radius 1 is 1.00 bits per heavy atom. The fourth-order valence-corrected chi connectivity index (χ4v) is 4.34. The zero-order chi connectivity index (χ0) is 23.5. The van der Waals surface area contributed by atoms with E-state index in [0.717, 1.165) is 48.8 Å². The van der Waals surface area contributed by atoms with Crippen LogP contribution in [0.15, 0.2) is 30.3 Å². The average Bonchev–Trinajstić information content (AvgIpc) is 3.26. The summed E-state index contributed by atoms with van der Waals surface area (Å²) in [5.41, 5.74) is 3.28. The lowest BCUT2D eigenvalue weighted by Gasteiger charge is -2.29. The van der Waals surface area contributed by atoms with Gasteiger partial charge in [-0.05, 0) is 35.7 Å². The van der Waals surface area contributed by atoms with Crippen molar-refractivity contribution in [3.05, 3.63) is 52.6 Å². The maximum atomic E-state index is 13.3. The predicted molar refractivity (Wildman–Crippen MR) is 125 cm³/mol. The molecule has 0 unspecified atom stereocenters. The van der Waals surface area contributed by atoms with Crippen molar-refractivity contribution in [1.82, 2.24) is 9.80 Å². The normalized spacial score (nSPS) is 15.5. The summed E-state index contributed by atoms with van der Waals surface area (Å²) >= 11 is 0. The van der Waals surface area contributed by atoms with Gasteiger partial charge in [0.2, 0.25) is 0 Å². The molecule has 2 amide bonds. The van der Waals surface area contributed by atoms with Crippen LogP contribution in [0.25, 0.3) is 0 Å². The molecule has 2 N–H and O–H groups in total. The Kier molecular flexibility index (Phi) is 6.74. The van der Waals surface area contributed by atoms with E-state index in [2.05, 4.69) is 17.0 Å². The van der Waals surface area contributed by atoms with Crippen LogP contribution in [-0.2, 0) is 17.8 Å². The number of morpholine rings is 1. The standard InChI is InChI=1S/C25H31N3O5/c1-3-4-7-26(2)24(31)20-13-21(23(30)14-22(20)29)25(32)28-15-17-5-6-19(12-18(17)16-28)27-8-10-33-11-9-27/h5-6,12-14,29-30H,3-4,7-11,15-16H2,1-2H3. The summed E-state index contributed by atoms with van der Waals surface area (Å²) in [7, 11) is 1.66. The second-order valence-corrected chi connectivity index (χ2v) is 8.68. The maximum Gasteiger partial charge on any atom is 0.258 e. The summed E-state index contributed by atoms with van der Waals surface area (Å²) in [4.78, 5) is 31.5. The molecule has 2 aliphatic heterocycles. The van der Waals surface area contributed by atoms with E-state index in [-0.39, 0.29) is 34.4 Å². The Morgan fingerprint density at radius 2 is 1.70 bits per heavy atom. The third kappa shape index (κ3) is 4.75. The quantitative estimate of drug-likeness (QED) is 0.699. The molecule has 0 spiro atoms. The summed E-state index contributed by atoms with van der Waals surface area (Å²) in [6.45, 7) is 6.52. The number of rotatable bonds is 6. The first-order chi connectivity index (χ1) is 15.9. The number of anilines is 1. The molecule has 4 rings (SSSR count). The first kappa shape index (κ1) is 22.9. The summed E-state index contributed by atoms with van der Waals surface area (Å²) in [5, 5.41) is 20.6. The third-order valence-corrected chi connectivity index (χ3v) is 6.34. The van der Waals surface area contributed by atoms with Gasteiger partial charge in [0, 0.05) is 51.5 Å². The second kappa shape index (κ2) is 9.70. The van der Waals surface area contributed by atoms with Crippen LogP contribution in [0.4, 0.5) is 5.69 Å². The number of nitrogens with zero attached hydrogens (tertiary/aromatic N) is 3. The highest BCUT2D eigenvalue weighted by Crippen LogP contribution is 2.33. The summed E-state index contributed by atoms with van der Waals surface area (Å²) < 4.78 is 5.43. The Bertz CT molecular complexity index is 1050. The van der Waals surface area contributed by atoms with Gasteiger partial charge in [-0.15, -0.1) is 0 Å². The second-order valence-electron chi connectivity index (χ2n) is 8.68. The van der Waals surface area contributed by atoms with Crippen molar-refractivity contribution < 1.29 is 24.5 Å².